The molecule has 2 N–H and O–H groups in total. The molecule has 1 aliphatic carbocycles. The van der Waals surface area contributed by atoms with Gasteiger partial charge in [0.15, 0.2) is 0 Å². The van der Waals surface area contributed by atoms with E-state index < -0.39 is 0 Å². The molecule has 1 saturated carbocycles. The molecule has 1 amide bonds. The molecule has 0 bridgehead atoms. The fourth-order valence-electron chi connectivity index (χ4n) is 3.39. The fraction of sp³-hybridized carbons (Fsp3) is 0.929. The Balaban J connectivity index is 1.50. The summed E-state index contributed by atoms with van der Waals surface area (Å²) in [6.07, 6.45) is 7.53. The summed E-state index contributed by atoms with van der Waals surface area (Å²) in [6.45, 7) is 4.47. The number of fused-ring (bicyclic) bond motifs is 1. The van der Waals surface area contributed by atoms with E-state index in [1.165, 1.54) is 38.8 Å². The van der Waals surface area contributed by atoms with Crippen molar-refractivity contribution in [2.45, 2.75) is 69.6 Å². The molecule has 0 radical (unpaired) electrons. The maximum atomic E-state index is 12.0. The highest BCUT2D eigenvalue weighted by Gasteiger charge is 2.37. The number of nitrogens with one attached hydrogen (secondary N) is 2. The first-order chi connectivity index (χ1) is 8.74. The van der Waals surface area contributed by atoms with Crippen LogP contribution in [0.15, 0.2) is 0 Å². The van der Waals surface area contributed by atoms with Gasteiger partial charge in [0.1, 0.15) is 0 Å². The lowest BCUT2D eigenvalue weighted by molar-refractivity contribution is -0.123. The van der Waals surface area contributed by atoms with E-state index in [4.69, 9.17) is 0 Å². The van der Waals surface area contributed by atoms with Gasteiger partial charge in [-0.25, -0.2) is 0 Å². The Hall–Kier alpha value is -0.610. The van der Waals surface area contributed by atoms with Crippen molar-refractivity contribution in [3.05, 3.63) is 0 Å². The van der Waals surface area contributed by atoms with Gasteiger partial charge in [-0.1, -0.05) is 6.42 Å². The minimum atomic E-state index is -0.0440. The summed E-state index contributed by atoms with van der Waals surface area (Å²) in [4.78, 5) is 14.6. The van der Waals surface area contributed by atoms with Crippen molar-refractivity contribution in [2.24, 2.45) is 0 Å². The lowest BCUT2D eigenvalue weighted by Gasteiger charge is -2.33. The molecule has 0 aromatic rings. The lowest BCUT2D eigenvalue weighted by atomic mass is 9.98. The highest BCUT2D eigenvalue weighted by atomic mass is 16.2. The standard InChI is InChI=1S/C14H25N3O/c1-10(14(18)16-11-5-6-11)15-12-7-9-17-8-3-2-4-13(12)17/h10-13,15H,2-9H2,1H3,(H,16,18). The number of hydrogen-bond acceptors (Lipinski definition) is 3. The summed E-state index contributed by atoms with van der Waals surface area (Å²) < 4.78 is 0. The molecule has 3 rings (SSSR count). The summed E-state index contributed by atoms with van der Waals surface area (Å²) in [7, 11) is 0. The Labute approximate surface area is 109 Å². The number of rotatable bonds is 4. The van der Waals surface area contributed by atoms with E-state index >= 15 is 0 Å². The number of carbonyl (C=O) groups excluding carboxylic acids is 1. The molecule has 3 atom stereocenters. The Morgan fingerprint density at radius 3 is 2.78 bits per heavy atom. The summed E-state index contributed by atoms with van der Waals surface area (Å²) in [6, 6.07) is 1.62. The van der Waals surface area contributed by atoms with Crippen LogP contribution in [0.3, 0.4) is 0 Å². The van der Waals surface area contributed by atoms with Crippen molar-refractivity contribution in [2.75, 3.05) is 13.1 Å². The Bertz CT molecular complexity index is 316. The monoisotopic (exact) mass is 251 g/mol. The normalized spacial score (nSPS) is 34.1. The van der Waals surface area contributed by atoms with Crippen molar-refractivity contribution in [3.8, 4) is 0 Å². The molecule has 3 aliphatic rings. The number of amides is 1. The predicted octanol–water partition coefficient (Wildman–Crippen LogP) is 0.870. The second-order valence-corrected chi connectivity index (χ2v) is 6.17. The third kappa shape index (κ3) is 2.69. The van der Waals surface area contributed by atoms with Crippen LogP contribution in [0.25, 0.3) is 0 Å². The zero-order valence-electron chi connectivity index (χ0n) is 11.3. The van der Waals surface area contributed by atoms with E-state index in [-0.39, 0.29) is 11.9 Å². The zero-order chi connectivity index (χ0) is 12.5. The maximum Gasteiger partial charge on any atom is 0.237 e. The van der Waals surface area contributed by atoms with Crippen LogP contribution in [0.1, 0.15) is 45.4 Å². The zero-order valence-corrected chi connectivity index (χ0v) is 11.3. The molecule has 4 nitrogen and oxygen atoms in total. The van der Waals surface area contributed by atoms with Gasteiger partial charge in [0.05, 0.1) is 6.04 Å². The lowest BCUT2D eigenvalue weighted by Crippen LogP contribution is -2.52. The van der Waals surface area contributed by atoms with E-state index in [9.17, 15) is 4.79 Å². The van der Waals surface area contributed by atoms with E-state index in [0.717, 1.165) is 12.8 Å². The molecular formula is C14H25N3O. The van der Waals surface area contributed by atoms with Crippen molar-refractivity contribution in [3.63, 3.8) is 0 Å². The Kier molecular flexibility index (Phi) is 3.57. The Morgan fingerprint density at radius 2 is 2.00 bits per heavy atom. The first kappa shape index (κ1) is 12.4. The minimum absolute atomic E-state index is 0.0440. The second-order valence-electron chi connectivity index (χ2n) is 6.17. The van der Waals surface area contributed by atoms with Gasteiger partial charge in [-0.2, -0.15) is 0 Å². The van der Waals surface area contributed by atoms with Gasteiger partial charge in [-0.05, 0) is 45.6 Å². The average Bonchev–Trinajstić information content (AvgIpc) is 3.10. The van der Waals surface area contributed by atoms with Crippen LogP contribution in [0.5, 0.6) is 0 Å². The number of hydrogen-bond donors (Lipinski definition) is 2. The van der Waals surface area contributed by atoms with Crippen LogP contribution in [-0.4, -0.2) is 48.1 Å². The first-order valence-corrected chi connectivity index (χ1v) is 7.54. The molecule has 0 spiro atoms. The Morgan fingerprint density at radius 1 is 1.17 bits per heavy atom. The van der Waals surface area contributed by atoms with E-state index in [0.29, 0.717) is 18.1 Å². The molecule has 0 aromatic heterocycles. The smallest absolute Gasteiger partial charge is 0.237 e. The van der Waals surface area contributed by atoms with Crippen LogP contribution in [0.2, 0.25) is 0 Å². The van der Waals surface area contributed by atoms with Crippen molar-refractivity contribution >= 4 is 5.91 Å². The van der Waals surface area contributed by atoms with Gasteiger partial charge in [-0.15, -0.1) is 0 Å². The van der Waals surface area contributed by atoms with Crippen LogP contribution in [0, 0.1) is 0 Å². The van der Waals surface area contributed by atoms with Crippen molar-refractivity contribution in [1.82, 2.24) is 15.5 Å². The van der Waals surface area contributed by atoms with Crippen molar-refractivity contribution in [1.29, 1.82) is 0 Å². The maximum absolute atomic E-state index is 12.0. The minimum Gasteiger partial charge on any atom is -0.352 e. The van der Waals surface area contributed by atoms with Gasteiger partial charge in [0, 0.05) is 24.7 Å². The molecule has 102 valence electrons. The molecule has 18 heavy (non-hydrogen) atoms. The molecule has 2 aliphatic heterocycles. The van der Waals surface area contributed by atoms with Crippen LogP contribution in [-0.2, 0) is 4.79 Å². The molecule has 3 fully saturated rings. The van der Waals surface area contributed by atoms with E-state index in [1.807, 2.05) is 6.92 Å². The van der Waals surface area contributed by atoms with Gasteiger partial charge < -0.3 is 10.6 Å². The van der Waals surface area contributed by atoms with Crippen LogP contribution < -0.4 is 10.6 Å². The highest BCUT2D eigenvalue weighted by Crippen LogP contribution is 2.27. The summed E-state index contributed by atoms with van der Waals surface area (Å²) in [5.41, 5.74) is 0. The summed E-state index contributed by atoms with van der Waals surface area (Å²) in [5, 5.41) is 6.64. The molecular weight excluding hydrogens is 226 g/mol. The van der Waals surface area contributed by atoms with E-state index in [1.54, 1.807) is 0 Å². The van der Waals surface area contributed by atoms with Gasteiger partial charge in [0.2, 0.25) is 5.91 Å². The number of nitrogens with zero attached hydrogens (tertiary/aromatic N) is 1. The molecule has 3 unspecified atom stereocenters. The largest absolute Gasteiger partial charge is 0.352 e. The molecule has 2 saturated heterocycles. The third-order valence-corrected chi connectivity index (χ3v) is 4.64. The molecule has 0 aromatic carbocycles. The SMILES string of the molecule is CC(NC1CCN2CCCCC12)C(=O)NC1CC1. The summed E-state index contributed by atoms with van der Waals surface area (Å²) >= 11 is 0. The van der Waals surface area contributed by atoms with Gasteiger partial charge in [-0.3, -0.25) is 9.69 Å². The fourth-order valence-corrected chi connectivity index (χ4v) is 3.39. The summed E-state index contributed by atoms with van der Waals surface area (Å²) in [5.74, 6) is 0.187. The topological polar surface area (TPSA) is 44.4 Å². The van der Waals surface area contributed by atoms with Crippen molar-refractivity contribution < 1.29 is 4.79 Å². The predicted molar refractivity (Wildman–Crippen MR) is 71.4 cm³/mol. The quantitative estimate of drug-likeness (QED) is 0.779. The number of carbonyl (C=O) groups is 1. The highest BCUT2D eigenvalue weighted by molar-refractivity contribution is 5.81. The number of piperidine rings is 1. The molecule has 2 heterocycles. The third-order valence-electron chi connectivity index (χ3n) is 4.64. The second kappa shape index (κ2) is 5.17. The van der Waals surface area contributed by atoms with Gasteiger partial charge in [0.25, 0.3) is 0 Å². The van der Waals surface area contributed by atoms with Crippen LogP contribution >= 0.6 is 0 Å². The average molecular weight is 251 g/mol. The van der Waals surface area contributed by atoms with E-state index in [2.05, 4.69) is 15.5 Å². The van der Waals surface area contributed by atoms with Gasteiger partial charge >= 0.3 is 0 Å². The molecule has 4 heteroatoms. The van der Waals surface area contributed by atoms with Crippen LogP contribution in [0.4, 0.5) is 0 Å². The first-order valence-electron chi connectivity index (χ1n) is 7.54.